The van der Waals surface area contributed by atoms with Crippen LogP contribution in [0.3, 0.4) is 0 Å². The van der Waals surface area contributed by atoms with Gasteiger partial charge in [0.1, 0.15) is 17.4 Å². The van der Waals surface area contributed by atoms with Gasteiger partial charge in [0.15, 0.2) is 0 Å². The Bertz CT molecular complexity index is 943. The number of aromatic nitrogens is 2. The molecule has 0 fully saturated rings. The Morgan fingerprint density at radius 3 is 2.62 bits per heavy atom. The van der Waals surface area contributed by atoms with Gasteiger partial charge >= 0.3 is 0 Å². The predicted octanol–water partition coefficient (Wildman–Crippen LogP) is 3.72. The molecule has 0 radical (unpaired) electrons. The largest absolute Gasteiger partial charge is 0.443 e. The maximum atomic E-state index is 9.38. The van der Waals surface area contributed by atoms with E-state index in [0.29, 0.717) is 47.0 Å². The maximum Gasteiger partial charge on any atom is 0.231 e. The van der Waals surface area contributed by atoms with Crippen LogP contribution in [0, 0.1) is 13.8 Å². The molecule has 6 nitrogen and oxygen atoms in total. The van der Waals surface area contributed by atoms with Gasteiger partial charge in [-0.1, -0.05) is 29.3 Å². The summed E-state index contributed by atoms with van der Waals surface area (Å²) in [6.07, 6.45) is 0. The Morgan fingerprint density at radius 2 is 1.92 bits per heavy atom. The number of hydrogen-bond acceptors (Lipinski definition) is 6. The SMILES string of the molecule is Cc1oc2nc(CN(CCO)Cc3ccc(Cl)c(Cl)c3)nc(N)c2c1C. The van der Waals surface area contributed by atoms with E-state index in [0.717, 1.165) is 22.3 Å². The Kier molecular flexibility index (Phi) is 5.67. The average Bonchev–Trinajstić information content (AvgIpc) is 2.86. The molecule has 0 aliphatic heterocycles. The fourth-order valence-electron chi connectivity index (χ4n) is 2.85. The highest BCUT2D eigenvalue weighted by Gasteiger charge is 2.16. The molecule has 3 N–H and O–H groups in total. The second-order valence-electron chi connectivity index (χ2n) is 6.17. The summed E-state index contributed by atoms with van der Waals surface area (Å²) in [6, 6.07) is 5.47. The number of nitrogens with zero attached hydrogens (tertiary/aromatic N) is 3. The molecule has 3 aromatic rings. The molecule has 1 aromatic carbocycles. The molecule has 8 heteroatoms. The topological polar surface area (TPSA) is 88.4 Å². The Morgan fingerprint density at radius 1 is 1.15 bits per heavy atom. The van der Waals surface area contributed by atoms with Crippen molar-refractivity contribution in [3.8, 4) is 0 Å². The van der Waals surface area contributed by atoms with Crippen LogP contribution < -0.4 is 5.73 Å². The lowest BCUT2D eigenvalue weighted by atomic mass is 10.2. The van der Waals surface area contributed by atoms with Crippen molar-refractivity contribution in [1.29, 1.82) is 0 Å². The van der Waals surface area contributed by atoms with Crippen LogP contribution in [0.1, 0.15) is 22.7 Å². The summed E-state index contributed by atoms with van der Waals surface area (Å²) in [5.41, 5.74) is 8.52. The zero-order valence-corrected chi connectivity index (χ0v) is 16.1. The number of aliphatic hydroxyl groups excluding tert-OH is 1. The Balaban J connectivity index is 1.85. The van der Waals surface area contributed by atoms with E-state index < -0.39 is 0 Å². The smallest absolute Gasteiger partial charge is 0.231 e. The van der Waals surface area contributed by atoms with Gasteiger partial charge in [-0.3, -0.25) is 4.90 Å². The van der Waals surface area contributed by atoms with Crippen molar-refractivity contribution < 1.29 is 9.52 Å². The molecule has 0 atom stereocenters. The number of nitrogen functional groups attached to an aromatic ring is 1. The predicted molar refractivity (Wildman–Crippen MR) is 103 cm³/mol. The minimum Gasteiger partial charge on any atom is -0.443 e. The summed E-state index contributed by atoms with van der Waals surface area (Å²) < 4.78 is 5.68. The molecule has 0 aliphatic rings. The molecule has 0 saturated carbocycles. The third-order valence-electron chi connectivity index (χ3n) is 4.27. The average molecular weight is 395 g/mol. The number of halogens is 2. The van der Waals surface area contributed by atoms with E-state index >= 15 is 0 Å². The minimum absolute atomic E-state index is 0.0119. The lowest BCUT2D eigenvalue weighted by molar-refractivity contribution is 0.181. The number of furan rings is 1. The first-order chi connectivity index (χ1) is 12.4. The molecule has 0 unspecified atom stereocenters. The molecular weight excluding hydrogens is 375 g/mol. The second-order valence-corrected chi connectivity index (χ2v) is 6.99. The molecule has 138 valence electrons. The van der Waals surface area contributed by atoms with Crippen molar-refractivity contribution in [2.75, 3.05) is 18.9 Å². The number of fused-ring (bicyclic) bond motifs is 1. The molecule has 2 heterocycles. The van der Waals surface area contributed by atoms with E-state index in [4.69, 9.17) is 33.4 Å². The lowest BCUT2D eigenvalue weighted by Gasteiger charge is -2.21. The van der Waals surface area contributed by atoms with Crippen molar-refractivity contribution in [1.82, 2.24) is 14.9 Å². The van der Waals surface area contributed by atoms with E-state index in [1.54, 1.807) is 6.07 Å². The van der Waals surface area contributed by atoms with E-state index in [9.17, 15) is 5.11 Å². The van der Waals surface area contributed by atoms with Crippen LogP contribution in [-0.2, 0) is 13.1 Å². The van der Waals surface area contributed by atoms with Crippen LogP contribution in [0.25, 0.3) is 11.1 Å². The summed E-state index contributed by atoms with van der Waals surface area (Å²) in [5, 5.41) is 11.1. The monoisotopic (exact) mass is 394 g/mol. The third-order valence-corrected chi connectivity index (χ3v) is 5.01. The number of rotatable bonds is 6. The van der Waals surface area contributed by atoms with Gasteiger partial charge in [-0.15, -0.1) is 0 Å². The summed E-state index contributed by atoms with van der Waals surface area (Å²) in [7, 11) is 0. The number of benzene rings is 1. The van der Waals surface area contributed by atoms with E-state index in [2.05, 4.69) is 9.97 Å². The standard InChI is InChI=1S/C18H20Cl2N4O2/c1-10-11(2)26-18-16(10)17(21)22-15(23-18)9-24(5-6-25)8-12-3-4-13(19)14(20)7-12/h3-4,7,25H,5-6,8-9H2,1-2H3,(H2,21,22,23). The van der Waals surface area contributed by atoms with Gasteiger partial charge in [0.05, 0.1) is 28.6 Å². The first-order valence-corrected chi connectivity index (χ1v) is 8.94. The number of anilines is 1. The minimum atomic E-state index is 0.0119. The molecular formula is C18H20Cl2N4O2. The Labute approximate surface area is 161 Å². The van der Waals surface area contributed by atoms with Gasteiger partial charge in [-0.2, -0.15) is 4.98 Å². The molecule has 3 rings (SSSR count). The third kappa shape index (κ3) is 3.94. The van der Waals surface area contributed by atoms with Gasteiger partial charge in [0.2, 0.25) is 5.71 Å². The number of aryl methyl sites for hydroxylation is 2. The van der Waals surface area contributed by atoms with Crippen molar-refractivity contribution in [2.45, 2.75) is 26.9 Å². The van der Waals surface area contributed by atoms with Gasteiger partial charge in [0.25, 0.3) is 0 Å². The van der Waals surface area contributed by atoms with Crippen LogP contribution >= 0.6 is 23.2 Å². The molecule has 0 spiro atoms. The lowest BCUT2D eigenvalue weighted by Crippen LogP contribution is -2.27. The molecule has 0 bridgehead atoms. The normalized spacial score (nSPS) is 11.6. The fraction of sp³-hybridized carbons (Fsp3) is 0.333. The summed E-state index contributed by atoms with van der Waals surface area (Å²) in [5.74, 6) is 1.72. The van der Waals surface area contributed by atoms with Crippen molar-refractivity contribution in [3.63, 3.8) is 0 Å². The van der Waals surface area contributed by atoms with E-state index in [1.165, 1.54) is 0 Å². The maximum absolute atomic E-state index is 9.38. The number of hydrogen-bond donors (Lipinski definition) is 2. The zero-order valence-electron chi connectivity index (χ0n) is 14.6. The molecule has 0 saturated heterocycles. The van der Waals surface area contributed by atoms with Crippen molar-refractivity contribution in [2.24, 2.45) is 0 Å². The van der Waals surface area contributed by atoms with Crippen LogP contribution in [0.5, 0.6) is 0 Å². The van der Waals surface area contributed by atoms with Crippen molar-refractivity contribution in [3.05, 3.63) is 51.0 Å². The highest BCUT2D eigenvalue weighted by Crippen LogP contribution is 2.28. The van der Waals surface area contributed by atoms with Crippen LogP contribution in [0.4, 0.5) is 5.82 Å². The quantitative estimate of drug-likeness (QED) is 0.661. The summed E-state index contributed by atoms with van der Waals surface area (Å²) >= 11 is 12.1. The van der Waals surface area contributed by atoms with Gasteiger partial charge in [0, 0.05) is 18.7 Å². The van der Waals surface area contributed by atoms with Crippen LogP contribution in [-0.4, -0.2) is 33.1 Å². The van der Waals surface area contributed by atoms with Crippen LogP contribution in [0.2, 0.25) is 10.0 Å². The fourth-order valence-corrected chi connectivity index (χ4v) is 3.17. The highest BCUT2D eigenvalue weighted by atomic mass is 35.5. The molecule has 0 aliphatic carbocycles. The zero-order chi connectivity index (χ0) is 18.8. The van der Waals surface area contributed by atoms with E-state index in [1.807, 2.05) is 30.9 Å². The molecule has 2 aromatic heterocycles. The first kappa shape index (κ1) is 18.9. The number of aliphatic hydroxyl groups is 1. The van der Waals surface area contributed by atoms with Gasteiger partial charge < -0.3 is 15.3 Å². The van der Waals surface area contributed by atoms with Gasteiger partial charge in [-0.25, -0.2) is 4.98 Å². The van der Waals surface area contributed by atoms with Crippen molar-refractivity contribution >= 4 is 40.1 Å². The number of nitrogens with two attached hydrogens (primary N) is 1. The molecule has 0 amide bonds. The van der Waals surface area contributed by atoms with Gasteiger partial charge in [-0.05, 0) is 31.5 Å². The first-order valence-electron chi connectivity index (χ1n) is 8.18. The highest BCUT2D eigenvalue weighted by molar-refractivity contribution is 6.42. The summed E-state index contributed by atoms with van der Waals surface area (Å²) in [6.45, 7) is 5.26. The molecule has 26 heavy (non-hydrogen) atoms. The van der Waals surface area contributed by atoms with E-state index in [-0.39, 0.29) is 6.61 Å². The second kappa shape index (κ2) is 7.80. The van der Waals surface area contributed by atoms with Crippen LogP contribution in [0.15, 0.2) is 22.6 Å². The summed E-state index contributed by atoms with van der Waals surface area (Å²) in [4.78, 5) is 10.9. The Hall–Kier alpha value is -1.86.